The van der Waals surface area contributed by atoms with Crippen molar-refractivity contribution in [2.24, 2.45) is 0 Å². The minimum atomic E-state index is -0.826. The topological polar surface area (TPSA) is 72.8 Å². The molecule has 92 valence electrons. The van der Waals surface area contributed by atoms with Crippen molar-refractivity contribution in [3.63, 3.8) is 0 Å². The first-order chi connectivity index (χ1) is 8.18. The van der Waals surface area contributed by atoms with Gasteiger partial charge in [-0.05, 0) is 6.07 Å². The zero-order valence-corrected chi connectivity index (χ0v) is 9.47. The molecule has 1 aliphatic rings. The van der Waals surface area contributed by atoms with E-state index in [1.165, 1.54) is 0 Å². The minimum absolute atomic E-state index is 0.218. The van der Waals surface area contributed by atoms with Gasteiger partial charge in [-0.25, -0.2) is 0 Å². The van der Waals surface area contributed by atoms with Crippen LogP contribution in [0, 0.1) is 0 Å². The highest BCUT2D eigenvalue weighted by molar-refractivity contribution is 5.74. The Morgan fingerprint density at radius 3 is 2.94 bits per heavy atom. The smallest absolute Gasteiger partial charge is 0.322 e. The average Bonchev–Trinajstić information content (AvgIpc) is 2.32. The Labute approximate surface area is 99.7 Å². The molecule has 5 nitrogen and oxygen atoms in total. The maximum Gasteiger partial charge on any atom is 0.322 e. The van der Waals surface area contributed by atoms with Crippen molar-refractivity contribution in [3.8, 4) is 5.75 Å². The quantitative estimate of drug-likeness (QED) is 0.701. The fraction of sp³-hybridized carbons (Fsp3) is 0.417. The van der Waals surface area contributed by atoms with E-state index in [1.54, 1.807) is 12.1 Å². The van der Waals surface area contributed by atoms with Crippen molar-refractivity contribution in [1.82, 2.24) is 10.2 Å². The fourth-order valence-electron chi connectivity index (χ4n) is 2.04. The number of carboxylic acids is 1. The minimum Gasteiger partial charge on any atom is -0.508 e. The normalized spacial score (nSPS) is 21.3. The van der Waals surface area contributed by atoms with E-state index in [1.807, 2.05) is 17.0 Å². The van der Waals surface area contributed by atoms with Crippen molar-refractivity contribution >= 4 is 5.97 Å². The molecule has 1 saturated heterocycles. The summed E-state index contributed by atoms with van der Waals surface area (Å²) in [6.07, 6.45) is 0. The standard InChI is InChI=1S/C12H16N2O3/c15-11-4-2-1-3-9(11)8-14-6-5-13-7-10(14)12(16)17/h1-4,10,13,15H,5-8H2,(H,16,17). The van der Waals surface area contributed by atoms with Crippen molar-refractivity contribution in [1.29, 1.82) is 0 Å². The lowest BCUT2D eigenvalue weighted by Gasteiger charge is -2.33. The van der Waals surface area contributed by atoms with Gasteiger partial charge in [0.25, 0.3) is 0 Å². The molecule has 1 aliphatic heterocycles. The number of nitrogens with zero attached hydrogens (tertiary/aromatic N) is 1. The molecule has 17 heavy (non-hydrogen) atoms. The lowest BCUT2D eigenvalue weighted by atomic mass is 10.1. The van der Waals surface area contributed by atoms with E-state index < -0.39 is 12.0 Å². The molecule has 0 aliphatic carbocycles. The number of piperazine rings is 1. The number of hydrogen-bond donors (Lipinski definition) is 3. The van der Waals surface area contributed by atoms with Crippen LogP contribution >= 0.6 is 0 Å². The van der Waals surface area contributed by atoms with Crippen LogP contribution in [0.25, 0.3) is 0 Å². The van der Waals surface area contributed by atoms with Crippen molar-refractivity contribution in [3.05, 3.63) is 29.8 Å². The molecule has 1 unspecified atom stereocenters. The number of carbonyl (C=O) groups is 1. The van der Waals surface area contributed by atoms with Crippen molar-refractivity contribution in [2.75, 3.05) is 19.6 Å². The molecular formula is C12H16N2O3. The van der Waals surface area contributed by atoms with Gasteiger partial charge in [0.1, 0.15) is 11.8 Å². The number of phenolic OH excluding ortho intramolecular Hbond substituents is 1. The van der Waals surface area contributed by atoms with Crippen LogP contribution < -0.4 is 5.32 Å². The van der Waals surface area contributed by atoms with E-state index in [9.17, 15) is 9.90 Å². The maximum atomic E-state index is 11.1. The average molecular weight is 236 g/mol. The van der Waals surface area contributed by atoms with Gasteiger partial charge < -0.3 is 15.5 Å². The summed E-state index contributed by atoms with van der Waals surface area (Å²) in [5.74, 6) is -0.609. The van der Waals surface area contributed by atoms with Gasteiger partial charge in [0.15, 0.2) is 0 Å². The van der Waals surface area contributed by atoms with E-state index in [4.69, 9.17) is 5.11 Å². The molecule has 1 aromatic rings. The SMILES string of the molecule is O=C(O)C1CNCCN1Cc1ccccc1O. The summed E-state index contributed by atoms with van der Waals surface area (Å²) in [5.41, 5.74) is 0.764. The van der Waals surface area contributed by atoms with Gasteiger partial charge in [-0.15, -0.1) is 0 Å². The molecule has 0 radical (unpaired) electrons. The Hall–Kier alpha value is -1.59. The number of phenols is 1. The molecule has 3 N–H and O–H groups in total. The van der Waals surface area contributed by atoms with E-state index >= 15 is 0 Å². The first-order valence-electron chi connectivity index (χ1n) is 5.63. The molecule has 0 bridgehead atoms. The number of carboxylic acid groups (broad SMARTS) is 1. The van der Waals surface area contributed by atoms with Crippen molar-refractivity contribution < 1.29 is 15.0 Å². The maximum absolute atomic E-state index is 11.1. The molecule has 0 spiro atoms. The summed E-state index contributed by atoms with van der Waals surface area (Å²) >= 11 is 0. The zero-order valence-electron chi connectivity index (χ0n) is 9.47. The Kier molecular flexibility index (Phi) is 3.61. The van der Waals surface area contributed by atoms with Crippen LogP contribution in [-0.4, -0.2) is 46.8 Å². The highest BCUT2D eigenvalue weighted by Gasteiger charge is 2.28. The molecule has 0 amide bonds. The van der Waals surface area contributed by atoms with Crippen LogP contribution in [0.4, 0.5) is 0 Å². The third-order valence-corrected chi connectivity index (χ3v) is 3.00. The van der Waals surface area contributed by atoms with E-state index in [0.29, 0.717) is 19.6 Å². The van der Waals surface area contributed by atoms with E-state index in [-0.39, 0.29) is 5.75 Å². The molecule has 0 saturated carbocycles. The summed E-state index contributed by atoms with van der Waals surface area (Å²) < 4.78 is 0. The second kappa shape index (κ2) is 5.16. The first-order valence-corrected chi connectivity index (χ1v) is 5.63. The Morgan fingerprint density at radius 1 is 1.47 bits per heavy atom. The van der Waals surface area contributed by atoms with Crippen LogP contribution in [0.2, 0.25) is 0 Å². The number of aliphatic carboxylic acids is 1. The monoisotopic (exact) mass is 236 g/mol. The van der Waals surface area contributed by atoms with Crippen LogP contribution in [0.3, 0.4) is 0 Å². The number of rotatable bonds is 3. The van der Waals surface area contributed by atoms with Gasteiger partial charge in [0.05, 0.1) is 0 Å². The van der Waals surface area contributed by atoms with Gasteiger partial charge in [-0.2, -0.15) is 0 Å². The van der Waals surface area contributed by atoms with Gasteiger partial charge in [-0.1, -0.05) is 18.2 Å². The largest absolute Gasteiger partial charge is 0.508 e. The Morgan fingerprint density at radius 2 is 2.24 bits per heavy atom. The summed E-state index contributed by atoms with van der Waals surface area (Å²) in [5, 5.41) is 21.8. The molecule has 1 atom stereocenters. The number of hydrogen-bond acceptors (Lipinski definition) is 4. The summed E-state index contributed by atoms with van der Waals surface area (Å²) in [6, 6.07) is 6.50. The second-order valence-corrected chi connectivity index (χ2v) is 4.16. The second-order valence-electron chi connectivity index (χ2n) is 4.16. The van der Waals surface area contributed by atoms with Crippen LogP contribution in [0.5, 0.6) is 5.75 Å². The highest BCUT2D eigenvalue weighted by Crippen LogP contribution is 2.19. The number of para-hydroxylation sites is 1. The van der Waals surface area contributed by atoms with E-state index in [0.717, 1.165) is 12.1 Å². The third-order valence-electron chi connectivity index (χ3n) is 3.00. The molecule has 1 aromatic carbocycles. The summed E-state index contributed by atoms with van der Waals surface area (Å²) in [4.78, 5) is 13.0. The zero-order chi connectivity index (χ0) is 12.3. The number of benzene rings is 1. The lowest BCUT2D eigenvalue weighted by molar-refractivity contribution is -0.144. The molecule has 2 rings (SSSR count). The first kappa shape index (κ1) is 11.9. The number of nitrogens with one attached hydrogen (secondary N) is 1. The number of aromatic hydroxyl groups is 1. The lowest BCUT2D eigenvalue weighted by Crippen LogP contribution is -2.54. The van der Waals surface area contributed by atoms with Gasteiger partial charge in [0, 0.05) is 31.7 Å². The van der Waals surface area contributed by atoms with Gasteiger partial charge >= 0.3 is 5.97 Å². The summed E-state index contributed by atoms with van der Waals surface area (Å²) in [7, 11) is 0. The van der Waals surface area contributed by atoms with Gasteiger partial charge in [0.2, 0.25) is 0 Å². The molecule has 5 heteroatoms. The predicted molar refractivity (Wildman–Crippen MR) is 62.8 cm³/mol. The molecule has 1 fully saturated rings. The Balaban J connectivity index is 2.11. The predicted octanol–water partition coefficient (Wildman–Crippen LogP) is 0.251. The highest BCUT2D eigenvalue weighted by atomic mass is 16.4. The summed E-state index contributed by atoms with van der Waals surface area (Å²) in [6.45, 7) is 2.36. The van der Waals surface area contributed by atoms with Crippen LogP contribution in [0.15, 0.2) is 24.3 Å². The fourth-order valence-corrected chi connectivity index (χ4v) is 2.04. The van der Waals surface area contributed by atoms with Crippen LogP contribution in [0.1, 0.15) is 5.56 Å². The molecule has 1 heterocycles. The van der Waals surface area contributed by atoms with Crippen LogP contribution in [-0.2, 0) is 11.3 Å². The third kappa shape index (κ3) is 2.75. The van der Waals surface area contributed by atoms with Gasteiger partial charge in [-0.3, -0.25) is 9.69 Å². The van der Waals surface area contributed by atoms with Crippen molar-refractivity contribution in [2.45, 2.75) is 12.6 Å². The molecular weight excluding hydrogens is 220 g/mol. The van der Waals surface area contributed by atoms with E-state index in [2.05, 4.69) is 5.32 Å². The Bertz CT molecular complexity index is 408. The molecule has 0 aromatic heterocycles.